The maximum atomic E-state index is 15.0. The van der Waals surface area contributed by atoms with Crippen molar-refractivity contribution in [2.45, 2.75) is 64.0 Å². The van der Waals surface area contributed by atoms with Gasteiger partial charge in [-0.25, -0.2) is 19.9 Å². The van der Waals surface area contributed by atoms with Gasteiger partial charge >= 0.3 is 0 Å². The van der Waals surface area contributed by atoms with Crippen LogP contribution < -0.4 is 10.6 Å². The number of fused-ring (bicyclic) bond motifs is 1. The van der Waals surface area contributed by atoms with Crippen LogP contribution in [-0.2, 0) is 6.42 Å². The summed E-state index contributed by atoms with van der Waals surface area (Å²) in [6.45, 7) is 3.06. The predicted molar refractivity (Wildman–Crippen MR) is 123 cm³/mol. The third-order valence-corrected chi connectivity index (χ3v) is 6.23. The Morgan fingerprint density at radius 1 is 1.16 bits per heavy atom. The summed E-state index contributed by atoms with van der Waals surface area (Å²) < 4.78 is 15.0. The van der Waals surface area contributed by atoms with E-state index in [9.17, 15) is 4.39 Å². The maximum Gasteiger partial charge on any atom is 0.222 e. The Morgan fingerprint density at radius 2 is 2.00 bits per heavy atom. The van der Waals surface area contributed by atoms with Crippen LogP contribution >= 0.6 is 0 Å². The van der Waals surface area contributed by atoms with Crippen molar-refractivity contribution in [3.8, 4) is 0 Å². The van der Waals surface area contributed by atoms with Gasteiger partial charge in [0.15, 0.2) is 0 Å². The van der Waals surface area contributed by atoms with Crippen LogP contribution in [0.15, 0.2) is 35.6 Å². The number of nitrogens with zero attached hydrogens (tertiary/aromatic N) is 3. The number of hydrogen-bond donors (Lipinski definition) is 3. The fourth-order valence-electron chi connectivity index (χ4n) is 4.55. The Labute approximate surface area is 183 Å². The minimum Gasteiger partial charge on any atom is -0.384 e. The van der Waals surface area contributed by atoms with Crippen LogP contribution in [0.3, 0.4) is 0 Å². The Balaban J connectivity index is 1.58. The molecule has 1 heterocycles. The first-order valence-electron chi connectivity index (χ1n) is 11.4. The summed E-state index contributed by atoms with van der Waals surface area (Å²) in [4.78, 5) is 9.29. The zero-order valence-corrected chi connectivity index (χ0v) is 18.2. The van der Waals surface area contributed by atoms with E-state index in [-0.39, 0.29) is 6.54 Å². The van der Waals surface area contributed by atoms with Gasteiger partial charge in [-0.1, -0.05) is 31.4 Å². The normalized spacial score (nSPS) is 17.8. The Hall–Kier alpha value is -2.83. The molecule has 1 saturated carbocycles. The zero-order chi connectivity index (χ0) is 21.7. The molecule has 1 aromatic heterocycles. The highest BCUT2D eigenvalue weighted by Crippen LogP contribution is 2.35. The number of benzene rings is 1. The third-order valence-electron chi connectivity index (χ3n) is 6.23. The average Bonchev–Trinajstić information content (AvgIpc) is 3.00. The molecule has 31 heavy (non-hydrogen) atoms. The molecule has 0 aliphatic heterocycles. The number of allylic oxidation sites excluding steroid dienone is 1. The lowest BCUT2D eigenvalue weighted by Crippen LogP contribution is -2.34. The van der Waals surface area contributed by atoms with Crippen LogP contribution in [0.25, 0.3) is 5.57 Å². The standard InChI is InChI=1S/C24H31FN6/c1-2-27-22-14-17(10-11-21(22)31-26)18-8-4-5-9-20-19(18)15-28-23(30-20)29-16-24(25)12-6-3-7-13-24/h8,10-11,14-15,26-27H,2-7,9,12-13,16H2,1H3,(H,28,29,30). The zero-order valence-electron chi connectivity index (χ0n) is 18.2. The van der Waals surface area contributed by atoms with E-state index in [1.54, 1.807) is 0 Å². The molecular formula is C24H31FN6. The second-order valence-electron chi connectivity index (χ2n) is 8.50. The number of alkyl halides is 1. The van der Waals surface area contributed by atoms with Gasteiger partial charge in [-0.15, -0.1) is 0 Å². The van der Waals surface area contributed by atoms with E-state index in [2.05, 4.69) is 26.8 Å². The van der Waals surface area contributed by atoms with Crippen molar-refractivity contribution in [3.63, 3.8) is 0 Å². The van der Waals surface area contributed by atoms with Crippen LogP contribution in [0, 0.1) is 5.53 Å². The number of anilines is 2. The number of aromatic nitrogens is 2. The molecular weight excluding hydrogens is 391 g/mol. The van der Waals surface area contributed by atoms with E-state index >= 15 is 0 Å². The minimum atomic E-state index is -1.15. The number of nitrogens with one attached hydrogen (secondary N) is 3. The van der Waals surface area contributed by atoms with Gasteiger partial charge in [-0.2, -0.15) is 5.11 Å². The molecule has 7 heteroatoms. The van der Waals surface area contributed by atoms with E-state index in [0.717, 1.165) is 73.2 Å². The second kappa shape index (κ2) is 9.54. The Morgan fingerprint density at radius 3 is 2.77 bits per heavy atom. The molecule has 0 saturated heterocycles. The highest BCUT2D eigenvalue weighted by molar-refractivity contribution is 5.84. The van der Waals surface area contributed by atoms with Gasteiger partial charge in [0.1, 0.15) is 11.4 Å². The average molecular weight is 423 g/mol. The molecule has 0 atom stereocenters. The van der Waals surface area contributed by atoms with Crippen LogP contribution in [0.5, 0.6) is 0 Å². The summed E-state index contributed by atoms with van der Waals surface area (Å²) in [5.74, 6) is 0.513. The first-order chi connectivity index (χ1) is 15.1. The van der Waals surface area contributed by atoms with Gasteiger partial charge in [-0.05, 0) is 62.3 Å². The SMILES string of the molecule is CCNc1cc(C2=CCCCc3nc(NCC4(F)CCCCC4)ncc32)ccc1N=N. The van der Waals surface area contributed by atoms with Crippen molar-refractivity contribution in [1.29, 1.82) is 5.53 Å². The van der Waals surface area contributed by atoms with Gasteiger partial charge in [-0.3, -0.25) is 0 Å². The molecule has 164 valence electrons. The summed E-state index contributed by atoms with van der Waals surface area (Å²) in [6, 6.07) is 5.91. The molecule has 0 amide bonds. The van der Waals surface area contributed by atoms with Gasteiger partial charge in [0.05, 0.1) is 17.9 Å². The van der Waals surface area contributed by atoms with Crippen LogP contribution in [0.2, 0.25) is 0 Å². The highest BCUT2D eigenvalue weighted by Gasteiger charge is 2.31. The Kier molecular flexibility index (Phi) is 6.59. The quantitative estimate of drug-likeness (QED) is 0.449. The number of aryl methyl sites for hydroxylation is 1. The summed E-state index contributed by atoms with van der Waals surface area (Å²) in [7, 11) is 0. The molecule has 3 N–H and O–H groups in total. The monoisotopic (exact) mass is 422 g/mol. The van der Waals surface area contributed by atoms with E-state index in [4.69, 9.17) is 10.5 Å². The molecule has 0 spiro atoms. The number of halogens is 1. The molecule has 2 aromatic rings. The summed E-state index contributed by atoms with van der Waals surface area (Å²) in [5.41, 5.74) is 11.9. The van der Waals surface area contributed by atoms with Crippen molar-refractivity contribution in [2.24, 2.45) is 5.11 Å². The van der Waals surface area contributed by atoms with Gasteiger partial charge in [0.25, 0.3) is 0 Å². The number of rotatable bonds is 7. The van der Waals surface area contributed by atoms with Crippen molar-refractivity contribution in [3.05, 3.63) is 47.3 Å². The molecule has 1 fully saturated rings. The van der Waals surface area contributed by atoms with E-state index in [1.165, 1.54) is 0 Å². The second-order valence-corrected chi connectivity index (χ2v) is 8.50. The van der Waals surface area contributed by atoms with Gasteiger partial charge in [0, 0.05) is 18.3 Å². The lowest BCUT2D eigenvalue weighted by atomic mass is 9.86. The smallest absolute Gasteiger partial charge is 0.222 e. The van der Waals surface area contributed by atoms with Gasteiger partial charge < -0.3 is 10.6 Å². The fourth-order valence-corrected chi connectivity index (χ4v) is 4.55. The largest absolute Gasteiger partial charge is 0.384 e. The molecule has 0 radical (unpaired) electrons. The molecule has 1 aromatic carbocycles. The van der Waals surface area contributed by atoms with Crippen molar-refractivity contribution in [2.75, 3.05) is 23.7 Å². The third kappa shape index (κ3) is 4.92. The first kappa shape index (κ1) is 21.4. The lowest BCUT2D eigenvalue weighted by Gasteiger charge is -2.29. The van der Waals surface area contributed by atoms with E-state index < -0.39 is 5.67 Å². The van der Waals surface area contributed by atoms with Crippen LogP contribution in [0.4, 0.5) is 21.7 Å². The van der Waals surface area contributed by atoms with E-state index in [0.29, 0.717) is 24.5 Å². The topological polar surface area (TPSA) is 86.1 Å². The molecule has 4 rings (SSSR count). The molecule has 0 unspecified atom stereocenters. The summed E-state index contributed by atoms with van der Waals surface area (Å²) in [6.07, 6.45) is 11.2. The molecule has 2 aliphatic rings. The van der Waals surface area contributed by atoms with Crippen LogP contribution in [-0.4, -0.2) is 28.7 Å². The Bertz CT molecular complexity index is 965. The molecule has 2 aliphatic carbocycles. The van der Waals surface area contributed by atoms with Crippen LogP contribution in [0.1, 0.15) is 68.7 Å². The number of hydrogen-bond acceptors (Lipinski definition) is 6. The van der Waals surface area contributed by atoms with Crippen molar-refractivity contribution >= 4 is 22.9 Å². The fraction of sp³-hybridized carbons (Fsp3) is 0.500. The molecule has 0 bridgehead atoms. The summed E-state index contributed by atoms with van der Waals surface area (Å²) >= 11 is 0. The first-order valence-corrected chi connectivity index (χ1v) is 11.4. The lowest BCUT2D eigenvalue weighted by molar-refractivity contribution is 0.122. The predicted octanol–water partition coefficient (Wildman–Crippen LogP) is 6.42. The van der Waals surface area contributed by atoms with Crippen molar-refractivity contribution in [1.82, 2.24) is 9.97 Å². The maximum absolute atomic E-state index is 15.0. The van der Waals surface area contributed by atoms with E-state index in [1.807, 2.05) is 31.3 Å². The highest BCUT2D eigenvalue weighted by atomic mass is 19.1. The van der Waals surface area contributed by atoms with Crippen molar-refractivity contribution < 1.29 is 4.39 Å². The minimum absolute atomic E-state index is 0.276. The molecule has 6 nitrogen and oxygen atoms in total. The van der Waals surface area contributed by atoms with Gasteiger partial charge in [0.2, 0.25) is 5.95 Å². The summed E-state index contributed by atoms with van der Waals surface area (Å²) in [5, 5.41) is 10.1.